The van der Waals surface area contributed by atoms with Gasteiger partial charge in [-0.1, -0.05) is 26.0 Å². The van der Waals surface area contributed by atoms with E-state index in [-0.39, 0.29) is 0 Å². The molecule has 108 valence electrons. The molecule has 1 aromatic carbocycles. The van der Waals surface area contributed by atoms with E-state index in [0.717, 1.165) is 24.1 Å². The first-order valence-electron chi connectivity index (χ1n) is 6.56. The molecular formula is C16H20O4. The van der Waals surface area contributed by atoms with E-state index in [1.807, 2.05) is 19.1 Å². The van der Waals surface area contributed by atoms with E-state index in [0.29, 0.717) is 11.7 Å². The fraction of sp³-hybridized carbons (Fsp3) is 0.375. The molecule has 0 aliphatic heterocycles. The van der Waals surface area contributed by atoms with Gasteiger partial charge in [0.05, 0.1) is 7.11 Å². The van der Waals surface area contributed by atoms with Gasteiger partial charge in [0.25, 0.3) is 0 Å². The van der Waals surface area contributed by atoms with E-state index in [4.69, 9.17) is 4.74 Å². The summed E-state index contributed by atoms with van der Waals surface area (Å²) in [5, 5.41) is 0. The fourth-order valence-electron chi connectivity index (χ4n) is 1.68. The van der Waals surface area contributed by atoms with Gasteiger partial charge in [-0.25, -0.2) is 9.59 Å². The summed E-state index contributed by atoms with van der Waals surface area (Å²) in [6, 6.07) is 5.75. The highest BCUT2D eigenvalue weighted by molar-refractivity contribution is 5.92. The molecule has 0 fully saturated rings. The van der Waals surface area contributed by atoms with Crippen LogP contribution in [0.5, 0.6) is 5.75 Å². The average molecular weight is 276 g/mol. The largest absolute Gasteiger partial charge is 0.466 e. The van der Waals surface area contributed by atoms with Crippen molar-refractivity contribution in [1.29, 1.82) is 0 Å². The van der Waals surface area contributed by atoms with Crippen LogP contribution in [0.3, 0.4) is 0 Å². The summed E-state index contributed by atoms with van der Waals surface area (Å²) in [5.74, 6) is -0.227. The maximum absolute atomic E-state index is 11.5. The minimum Gasteiger partial charge on any atom is -0.466 e. The first-order chi connectivity index (χ1) is 9.47. The van der Waals surface area contributed by atoms with Crippen LogP contribution in [-0.4, -0.2) is 19.0 Å². The summed E-state index contributed by atoms with van der Waals surface area (Å²) < 4.78 is 9.57. The predicted octanol–water partition coefficient (Wildman–Crippen LogP) is 3.14. The van der Waals surface area contributed by atoms with Crippen molar-refractivity contribution >= 4 is 11.9 Å². The predicted molar refractivity (Wildman–Crippen MR) is 76.7 cm³/mol. The molecule has 0 N–H and O–H groups in total. The quantitative estimate of drug-likeness (QED) is 0.471. The minimum atomic E-state index is -0.602. The normalized spacial score (nSPS) is 12.2. The summed E-state index contributed by atoms with van der Waals surface area (Å²) in [7, 11) is 1.25. The summed E-state index contributed by atoms with van der Waals surface area (Å²) >= 11 is 0. The first kappa shape index (κ1) is 16.0. The van der Waals surface area contributed by atoms with E-state index >= 15 is 0 Å². The number of methoxy groups -OCH3 is 1. The number of ether oxygens (including phenoxy) is 2. The van der Waals surface area contributed by atoms with Crippen LogP contribution in [0.25, 0.3) is 0 Å². The van der Waals surface area contributed by atoms with Crippen molar-refractivity contribution < 1.29 is 19.1 Å². The number of esters is 2. The number of hydrogen-bond acceptors (Lipinski definition) is 4. The topological polar surface area (TPSA) is 52.6 Å². The molecule has 0 amide bonds. The molecule has 0 saturated carbocycles. The molecule has 0 aliphatic rings. The highest BCUT2D eigenvalue weighted by Crippen LogP contribution is 2.25. The molecule has 1 rings (SSSR count). The molecule has 0 radical (unpaired) electrons. The van der Waals surface area contributed by atoms with Gasteiger partial charge in [0, 0.05) is 12.2 Å². The first-order valence-corrected chi connectivity index (χ1v) is 6.56. The monoisotopic (exact) mass is 276 g/mol. The van der Waals surface area contributed by atoms with Crippen LogP contribution in [0, 0.1) is 6.92 Å². The van der Waals surface area contributed by atoms with Crippen molar-refractivity contribution in [1.82, 2.24) is 0 Å². The van der Waals surface area contributed by atoms with Gasteiger partial charge < -0.3 is 9.47 Å². The molecule has 0 saturated heterocycles. The van der Waals surface area contributed by atoms with Crippen molar-refractivity contribution in [3.8, 4) is 5.75 Å². The molecule has 4 heteroatoms. The third-order valence-corrected chi connectivity index (χ3v) is 3.15. The minimum absolute atomic E-state index is 0.470. The Morgan fingerprint density at radius 2 is 1.90 bits per heavy atom. The smallest absolute Gasteiger partial charge is 0.336 e. The second-order valence-electron chi connectivity index (χ2n) is 4.61. The molecule has 0 heterocycles. The van der Waals surface area contributed by atoms with Crippen molar-refractivity contribution in [2.24, 2.45) is 0 Å². The number of carbonyl (C=O) groups excluding carboxylic acids is 2. The SMILES string of the molecule is CCC(C)c1ccc(OC(=O)/C=C/C(=O)OC)c(C)c1. The van der Waals surface area contributed by atoms with Crippen LogP contribution in [-0.2, 0) is 14.3 Å². The Morgan fingerprint density at radius 3 is 2.45 bits per heavy atom. The number of carbonyl (C=O) groups is 2. The van der Waals surface area contributed by atoms with Gasteiger partial charge in [-0.05, 0) is 36.5 Å². The van der Waals surface area contributed by atoms with E-state index in [9.17, 15) is 9.59 Å². The molecule has 20 heavy (non-hydrogen) atoms. The summed E-state index contributed by atoms with van der Waals surface area (Å²) in [5.41, 5.74) is 2.11. The second-order valence-corrected chi connectivity index (χ2v) is 4.61. The molecule has 1 aromatic rings. The van der Waals surface area contributed by atoms with Gasteiger partial charge in [-0.15, -0.1) is 0 Å². The zero-order valence-corrected chi connectivity index (χ0v) is 12.3. The molecule has 1 atom stereocenters. The summed E-state index contributed by atoms with van der Waals surface area (Å²) in [6.45, 7) is 6.17. The molecule has 4 nitrogen and oxygen atoms in total. The summed E-state index contributed by atoms with van der Waals surface area (Å²) in [4.78, 5) is 22.4. The lowest BCUT2D eigenvalue weighted by atomic mass is 9.97. The van der Waals surface area contributed by atoms with Crippen molar-refractivity contribution in [2.45, 2.75) is 33.1 Å². The Labute approximate surface area is 119 Å². The van der Waals surface area contributed by atoms with Gasteiger partial charge in [-0.3, -0.25) is 0 Å². The second kappa shape index (κ2) is 7.48. The Kier molecular flexibility index (Phi) is 5.97. The van der Waals surface area contributed by atoms with Gasteiger partial charge in [0.2, 0.25) is 0 Å². The maximum Gasteiger partial charge on any atom is 0.336 e. The van der Waals surface area contributed by atoms with E-state index in [2.05, 4.69) is 18.6 Å². The lowest BCUT2D eigenvalue weighted by Gasteiger charge is -2.12. The van der Waals surface area contributed by atoms with Crippen molar-refractivity contribution in [3.63, 3.8) is 0 Å². The van der Waals surface area contributed by atoms with Gasteiger partial charge >= 0.3 is 11.9 Å². The van der Waals surface area contributed by atoms with E-state index in [1.54, 1.807) is 6.07 Å². The maximum atomic E-state index is 11.5. The Hall–Kier alpha value is -2.10. The van der Waals surface area contributed by atoms with Crippen molar-refractivity contribution in [3.05, 3.63) is 41.5 Å². The standard InChI is InChI=1S/C16H20O4/c1-5-11(2)13-6-7-14(12(3)10-13)20-16(18)9-8-15(17)19-4/h6-11H,5H2,1-4H3/b9-8+. The molecule has 0 aromatic heterocycles. The molecular weight excluding hydrogens is 256 g/mol. The molecule has 0 spiro atoms. The van der Waals surface area contributed by atoms with Crippen LogP contribution in [0.4, 0.5) is 0 Å². The molecule has 1 unspecified atom stereocenters. The average Bonchev–Trinajstić information content (AvgIpc) is 2.45. The van der Waals surface area contributed by atoms with E-state index < -0.39 is 11.9 Å². The number of benzene rings is 1. The molecule has 0 bridgehead atoms. The lowest BCUT2D eigenvalue weighted by Crippen LogP contribution is -2.07. The van der Waals surface area contributed by atoms with Crippen LogP contribution in [0.2, 0.25) is 0 Å². The van der Waals surface area contributed by atoms with Gasteiger partial charge in [-0.2, -0.15) is 0 Å². The van der Waals surface area contributed by atoms with E-state index in [1.165, 1.54) is 12.7 Å². The van der Waals surface area contributed by atoms with Crippen LogP contribution < -0.4 is 4.74 Å². The number of aryl methyl sites for hydroxylation is 1. The fourth-order valence-corrected chi connectivity index (χ4v) is 1.68. The third-order valence-electron chi connectivity index (χ3n) is 3.15. The van der Waals surface area contributed by atoms with Crippen molar-refractivity contribution in [2.75, 3.05) is 7.11 Å². The molecule has 0 aliphatic carbocycles. The number of hydrogen-bond donors (Lipinski definition) is 0. The zero-order valence-electron chi connectivity index (χ0n) is 12.3. The van der Waals surface area contributed by atoms with Crippen LogP contribution in [0.1, 0.15) is 37.3 Å². The zero-order chi connectivity index (χ0) is 15.1. The van der Waals surface area contributed by atoms with Gasteiger partial charge in [0.15, 0.2) is 0 Å². The Morgan fingerprint density at radius 1 is 1.25 bits per heavy atom. The Bertz CT molecular complexity index is 517. The van der Waals surface area contributed by atoms with Gasteiger partial charge in [0.1, 0.15) is 5.75 Å². The third kappa shape index (κ3) is 4.53. The highest BCUT2D eigenvalue weighted by atomic mass is 16.5. The highest BCUT2D eigenvalue weighted by Gasteiger charge is 2.08. The number of rotatable bonds is 5. The van der Waals surface area contributed by atoms with Crippen LogP contribution in [0.15, 0.2) is 30.4 Å². The Balaban J connectivity index is 2.76. The summed E-state index contributed by atoms with van der Waals surface area (Å²) in [6.07, 6.45) is 3.14. The lowest BCUT2D eigenvalue weighted by molar-refractivity contribution is -0.135. The van der Waals surface area contributed by atoms with Crippen LogP contribution >= 0.6 is 0 Å².